The molecule has 3 rings (SSSR count). The minimum atomic E-state index is -0.0176. The Kier molecular flexibility index (Phi) is 4.47. The van der Waals surface area contributed by atoms with Crippen LogP contribution < -0.4 is 4.90 Å². The highest BCUT2D eigenvalue weighted by Gasteiger charge is 2.15. The minimum Gasteiger partial charge on any atom is -0.378 e. The second-order valence-corrected chi connectivity index (χ2v) is 6.10. The van der Waals surface area contributed by atoms with Crippen LogP contribution in [0.3, 0.4) is 0 Å². The summed E-state index contributed by atoms with van der Waals surface area (Å²) in [5, 5.41) is 0.979. The molecule has 4 nitrogen and oxygen atoms in total. The van der Waals surface area contributed by atoms with E-state index in [0.29, 0.717) is 12.1 Å². The second kappa shape index (κ2) is 6.71. The third kappa shape index (κ3) is 3.23. The van der Waals surface area contributed by atoms with Crippen molar-refractivity contribution >= 4 is 22.5 Å². The fourth-order valence-corrected chi connectivity index (χ4v) is 2.73. The zero-order valence-electron chi connectivity index (χ0n) is 14.2. The topological polar surface area (TPSA) is 36.4 Å². The van der Waals surface area contributed by atoms with Gasteiger partial charge in [-0.15, -0.1) is 0 Å². The highest BCUT2D eigenvalue weighted by atomic mass is 16.2. The molecule has 1 aromatic heterocycles. The van der Waals surface area contributed by atoms with Gasteiger partial charge < -0.3 is 9.80 Å². The Labute approximate surface area is 142 Å². The Bertz CT molecular complexity index is 851. The van der Waals surface area contributed by atoms with Gasteiger partial charge in [0.25, 0.3) is 5.91 Å². The molecule has 122 valence electrons. The molecule has 1 amide bonds. The van der Waals surface area contributed by atoms with Crippen LogP contribution in [-0.2, 0) is 6.54 Å². The van der Waals surface area contributed by atoms with Crippen LogP contribution in [0.15, 0.2) is 60.8 Å². The number of para-hydroxylation sites is 1. The molecular formula is C20H21N3O. The summed E-state index contributed by atoms with van der Waals surface area (Å²) in [5.74, 6) is -0.0176. The van der Waals surface area contributed by atoms with Gasteiger partial charge in [-0.25, -0.2) is 0 Å². The maximum atomic E-state index is 12.8. The molecule has 0 fully saturated rings. The van der Waals surface area contributed by atoms with E-state index in [-0.39, 0.29) is 5.91 Å². The summed E-state index contributed by atoms with van der Waals surface area (Å²) >= 11 is 0. The molecule has 0 bridgehead atoms. The molecule has 2 aromatic carbocycles. The van der Waals surface area contributed by atoms with Crippen LogP contribution in [0.4, 0.5) is 5.69 Å². The van der Waals surface area contributed by atoms with Gasteiger partial charge >= 0.3 is 0 Å². The number of hydrogen-bond donors (Lipinski definition) is 0. The molecule has 0 unspecified atom stereocenters. The maximum absolute atomic E-state index is 12.8. The number of carbonyl (C=O) groups is 1. The molecule has 0 atom stereocenters. The van der Waals surface area contributed by atoms with Crippen molar-refractivity contribution in [1.29, 1.82) is 0 Å². The average Bonchev–Trinajstić information content (AvgIpc) is 2.61. The van der Waals surface area contributed by atoms with E-state index in [1.54, 1.807) is 11.1 Å². The van der Waals surface area contributed by atoms with Crippen LogP contribution in [0, 0.1) is 0 Å². The molecule has 0 saturated heterocycles. The first-order valence-electron chi connectivity index (χ1n) is 7.92. The smallest absolute Gasteiger partial charge is 0.256 e. The van der Waals surface area contributed by atoms with Gasteiger partial charge in [-0.1, -0.05) is 30.3 Å². The Hall–Kier alpha value is -2.88. The number of benzene rings is 2. The predicted octanol–water partition coefficient (Wildman–Crippen LogP) is 3.57. The summed E-state index contributed by atoms with van der Waals surface area (Å²) < 4.78 is 0. The van der Waals surface area contributed by atoms with Gasteiger partial charge in [-0.2, -0.15) is 0 Å². The summed E-state index contributed by atoms with van der Waals surface area (Å²) in [6.45, 7) is 0.565. The Morgan fingerprint density at radius 3 is 2.38 bits per heavy atom. The van der Waals surface area contributed by atoms with Crippen molar-refractivity contribution in [2.75, 3.05) is 26.0 Å². The molecule has 0 aliphatic carbocycles. The van der Waals surface area contributed by atoms with E-state index in [4.69, 9.17) is 0 Å². The largest absolute Gasteiger partial charge is 0.378 e. The third-order valence-corrected chi connectivity index (χ3v) is 4.08. The number of anilines is 1. The van der Waals surface area contributed by atoms with Gasteiger partial charge in [0.2, 0.25) is 0 Å². The first-order chi connectivity index (χ1) is 11.6. The molecule has 0 radical (unpaired) electrons. The van der Waals surface area contributed by atoms with Crippen molar-refractivity contribution in [3.05, 3.63) is 71.9 Å². The number of aromatic nitrogens is 1. The second-order valence-electron chi connectivity index (χ2n) is 6.10. The first-order valence-corrected chi connectivity index (χ1v) is 7.92. The zero-order valence-corrected chi connectivity index (χ0v) is 14.2. The van der Waals surface area contributed by atoms with E-state index in [9.17, 15) is 4.79 Å². The molecule has 0 N–H and O–H groups in total. The molecule has 3 aromatic rings. The number of pyridine rings is 1. The summed E-state index contributed by atoms with van der Waals surface area (Å²) in [5.41, 5.74) is 3.64. The number of rotatable bonds is 4. The lowest BCUT2D eigenvalue weighted by molar-refractivity contribution is 0.0787. The maximum Gasteiger partial charge on any atom is 0.256 e. The van der Waals surface area contributed by atoms with Gasteiger partial charge in [-0.3, -0.25) is 9.78 Å². The van der Waals surface area contributed by atoms with Gasteiger partial charge in [0.1, 0.15) is 0 Å². The lowest BCUT2D eigenvalue weighted by atomic mass is 10.1. The number of amides is 1. The van der Waals surface area contributed by atoms with Crippen LogP contribution >= 0.6 is 0 Å². The first kappa shape index (κ1) is 16.0. The van der Waals surface area contributed by atoms with Crippen molar-refractivity contribution in [2.24, 2.45) is 0 Å². The van der Waals surface area contributed by atoms with Crippen LogP contribution in [0.1, 0.15) is 15.9 Å². The number of fused-ring (bicyclic) bond motifs is 1. The number of carbonyl (C=O) groups excluding carboxylic acids is 1. The van der Waals surface area contributed by atoms with Crippen molar-refractivity contribution in [3.8, 4) is 0 Å². The zero-order chi connectivity index (χ0) is 17.1. The number of nitrogens with zero attached hydrogens (tertiary/aromatic N) is 3. The highest BCUT2D eigenvalue weighted by Crippen LogP contribution is 2.19. The average molecular weight is 319 g/mol. The Balaban J connectivity index is 1.81. The van der Waals surface area contributed by atoms with E-state index in [1.807, 2.05) is 51.5 Å². The minimum absolute atomic E-state index is 0.0176. The van der Waals surface area contributed by atoms with Crippen LogP contribution in [0.2, 0.25) is 0 Å². The summed E-state index contributed by atoms with van der Waals surface area (Å²) in [4.78, 5) is 21.0. The molecule has 0 spiro atoms. The van der Waals surface area contributed by atoms with Gasteiger partial charge in [0.15, 0.2) is 0 Å². The van der Waals surface area contributed by atoms with E-state index in [1.165, 1.54) is 0 Å². The monoisotopic (exact) mass is 319 g/mol. The van der Waals surface area contributed by atoms with Crippen LogP contribution in [0.5, 0.6) is 0 Å². The summed E-state index contributed by atoms with van der Waals surface area (Å²) in [7, 11) is 5.85. The van der Waals surface area contributed by atoms with Crippen LogP contribution in [-0.4, -0.2) is 36.9 Å². The molecule has 0 aliphatic rings. The standard InChI is InChI=1S/C20H21N3O/c1-22(2)17-11-9-15(10-12-17)14-23(3)20(24)18-8-4-6-16-7-5-13-21-19(16)18/h4-13H,14H2,1-3H3. The van der Waals surface area contributed by atoms with Crippen molar-refractivity contribution < 1.29 is 4.79 Å². The predicted molar refractivity (Wildman–Crippen MR) is 98.3 cm³/mol. The van der Waals surface area contributed by atoms with Crippen molar-refractivity contribution in [3.63, 3.8) is 0 Å². The molecule has 4 heteroatoms. The molecular weight excluding hydrogens is 298 g/mol. The summed E-state index contributed by atoms with van der Waals surface area (Å²) in [6.07, 6.45) is 1.72. The van der Waals surface area contributed by atoms with E-state index in [2.05, 4.69) is 34.1 Å². The Morgan fingerprint density at radius 1 is 0.958 bits per heavy atom. The quantitative estimate of drug-likeness (QED) is 0.737. The van der Waals surface area contributed by atoms with Crippen LogP contribution in [0.25, 0.3) is 10.9 Å². The van der Waals surface area contributed by atoms with E-state index < -0.39 is 0 Å². The molecule has 24 heavy (non-hydrogen) atoms. The fourth-order valence-electron chi connectivity index (χ4n) is 2.73. The van der Waals surface area contributed by atoms with E-state index >= 15 is 0 Å². The SMILES string of the molecule is CN(Cc1ccc(N(C)C)cc1)C(=O)c1cccc2cccnc12. The van der Waals surface area contributed by atoms with Gasteiger partial charge in [0, 0.05) is 45.0 Å². The molecule has 0 saturated carbocycles. The summed E-state index contributed by atoms with van der Waals surface area (Å²) in [6, 6.07) is 17.8. The lowest BCUT2D eigenvalue weighted by Gasteiger charge is -2.19. The Morgan fingerprint density at radius 2 is 1.67 bits per heavy atom. The fraction of sp³-hybridized carbons (Fsp3) is 0.200. The lowest BCUT2D eigenvalue weighted by Crippen LogP contribution is -2.26. The molecule has 1 heterocycles. The van der Waals surface area contributed by atoms with Gasteiger partial charge in [0.05, 0.1) is 11.1 Å². The molecule has 0 aliphatic heterocycles. The van der Waals surface area contributed by atoms with Crippen molar-refractivity contribution in [1.82, 2.24) is 9.88 Å². The van der Waals surface area contributed by atoms with E-state index in [0.717, 1.165) is 22.2 Å². The highest BCUT2D eigenvalue weighted by molar-refractivity contribution is 6.05. The number of hydrogen-bond acceptors (Lipinski definition) is 3. The van der Waals surface area contributed by atoms with Gasteiger partial charge in [-0.05, 0) is 29.8 Å². The van der Waals surface area contributed by atoms with Crippen molar-refractivity contribution in [2.45, 2.75) is 6.54 Å². The third-order valence-electron chi connectivity index (χ3n) is 4.08. The normalized spacial score (nSPS) is 10.6.